The van der Waals surface area contributed by atoms with Gasteiger partial charge in [-0.05, 0) is 80.5 Å². The molecule has 4 unspecified atom stereocenters. The first-order valence-corrected chi connectivity index (χ1v) is 19.2. The number of carbonyl (C=O) groups excluding carboxylic acids is 1. The summed E-state index contributed by atoms with van der Waals surface area (Å²) in [6.45, 7) is 3.00. The highest BCUT2D eigenvalue weighted by Crippen LogP contribution is 2.51. The second-order valence-corrected chi connectivity index (χ2v) is 16.1. The number of nitrogens with one attached hydrogen (secondary N) is 1. The number of nitrogens with zero attached hydrogens (tertiary/aromatic N) is 5. The summed E-state index contributed by atoms with van der Waals surface area (Å²) in [5.74, 6) is -5.47. The van der Waals surface area contributed by atoms with Gasteiger partial charge in [-0.25, -0.2) is 32.9 Å². The molecule has 0 radical (unpaired) electrons. The number of alkyl halides is 5. The Morgan fingerprint density at radius 1 is 1.02 bits per heavy atom. The lowest BCUT2D eigenvalue weighted by Crippen LogP contribution is -2.57. The molecule has 8 rings (SSSR count). The Kier molecular flexibility index (Phi) is 9.67. The molecule has 1 aliphatic heterocycles. The van der Waals surface area contributed by atoms with Crippen molar-refractivity contribution >= 4 is 28.6 Å². The molecule has 2 bridgehead atoms. The number of carboxylic acid groups (broad SMARTS) is 1. The number of fused-ring (bicyclic) bond motifs is 3. The van der Waals surface area contributed by atoms with Gasteiger partial charge in [-0.15, -0.1) is 0 Å². The number of anilines is 1. The summed E-state index contributed by atoms with van der Waals surface area (Å²) in [7, 11) is 0. The van der Waals surface area contributed by atoms with Crippen molar-refractivity contribution < 1.29 is 45.8 Å². The smallest absolute Gasteiger partial charge is 0.434 e. The Morgan fingerprint density at radius 2 is 1.77 bits per heavy atom. The van der Waals surface area contributed by atoms with Crippen LogP contribution < -0.4 is 15.0 Å². The number of rotatable bonds is 8. The molecule has 16 heteroatoms. The van der Waals surface area contributed by atoms with E-state index in [1.54, 1.807) is 29.0 Å². The average molecular weight is 785 g/mol. The number of carboxylic acids is 1. The lowest BCUT2D eigenvalue weighted by atomic mass is 9.78. The first kappa shape index (κ1) is 38.0. The second kappa shape index (κ2) is 14.2. The molecule has 3 saturated carbocycles. The van der Waals surface area contributed by atoms with Crippen LogP contribution in [0.25, 0.3) is 22.3 Å². The number of piperidine rings is 1. The van der Waals surface area contributed by atoms with Gasteiger partial charge in [-0.2, -0.15) is 13.2 Å². The van der Waals surface area contributed by atoms with E-state index < -0.39 is 58.5 Å². The Morgan fingerprint density at radius 3 is 2.46 bits per heavy atom. The quantitative estimate of drug-likeness (QED) is 0.171. The molecule has 1 saturated heterocycles. The third kappa shape index (κ3) is 7.15. The van der Waals surface area contributed by atoms with Crippen LogP contribution in [0.1, 0.15) is 93.2 Å². The molecule has 1 aromatic carbocycles. The average Bonchev–Trinajstić information content (AvgIpc) is 3.65. The third-order valence-electron chi connectivity index (χ3n) is 12.3. The van der Waals surface area contributed by atoms with E-state index in [-0.39, 0.29) is 67.2 Å². The van der Waals surface area contributed by atoms with E-state index in [0.717, 1.165) is 12.6 Å². The van der Waals surface area contributed by atoms with Gasteiger partial charge >= 0.3 is 12.1 Å². The molecule has 2 N–H and O–H groups in total. The van der Waals surface area contributed by atoms with Crippen molar-refractivity contribution in [1.82, 2.24) is 24.8 Å². The topological polar surface area (TPSA) is 122 Å². The maximum atomic E-state index is 14.7. The van der Waals surface area contributed by atoms with Crippen LogP contribution in [0.5, 0.6) is 5.75 Å². The van der Waals surface area contributed by atoms with E-state index in [0.29, 0.717) is 55.4 Å². The largest absolute Gasteiger partial charge is 0.490 e. The van der Waals surface area contributed by atoms with Crippen LogP contribution in [0.3, 0.4) is 0 Å². The van der Waals surface area contributed by atoms with Gasteiger partial charge in [0.15, 0.2) is 23.2 Å². The minimum absolute atomic E-state index is 0.0376. The highest BCUT2D eigenvalue weighted by atomic mass is 19.4. The molecule has 4 aliphatic rings. The maximum absolute atomic E-state index is 14.7. The molecule has 4 heterocycles. The number of hydrogen-bond donors (Lipinski definition) is 2. The number of amides is 1. The van der Waals surface area contributed by atoms with Crippen LogP contribution in [0, 0.1) is 23.6 Å². The summed E-state index contributed by atoms with van der Waals surface area (Å²) in [4.78, 5) is 40.4. The molecule has 3 aromatic heterocycles. The van der Waals surface area contributed by atoms with Gasteiger partial charge in [0.05, 0.1) is 11.1 Å². The van der Waals surface area contributed by atoms with Crippen LogP contribution in [0.15, 0.2) is 48.9 Å². The minimum atomic E-state index is -5.10. The van der Waals surface area contributed by atoms with Crippen LogP contribution in [0.4, 0.5) is 32.2 Å². The third-order valence-corrected chi connectivity index (χ3v) is 12.3. The fourth-order valence-corrected chi connectivity index (χ4v) is 9.64. The van der Waals surface area contributed by atoms with Crippen LogP contribution in [-0.2, 0) is 11.0 Å². The van der Waals surface area contributed by atoms with Gasteiger partial charge in [-0.1, -0.05) is 6.92 Å². The summed E-state index contributed by atoms with van der Waals surface area (Å²) in [5.41, 5.74) is -3.36. The van der Waals surface area contributed by atoms with Crippen molar-refractivity contribution in [2.45, 2.75) is 101 Å². The van der Waals surface area contributed by atoms with E-state index in [1.165, 1.54) is 18.3 Å². The molecule has 0 spiro atoms. The Bertz CT molecular complexity index is 2140. The predicted molar refractivity (Wildman–Crippen MR) is 193 cm³/mol. The first-order chi connectivity index (χ1) is 26.6. The molecule has 3 aliphatic carbocycles. The predicted octanol–water partition coefficient (Wildman–Crippen LogP) is 8.46. The van der Waals surface area contributed by atoms with Gasteiger partial charge in [0.1, 0.15) is 17.4 Å². The number of carbonyl (C=O) groups is 2. The number of hydrogen-bond acceptors (Lipinski definition) is 7. The number of pyridine rings is 1. The highest BCUT2D eigenvalue weighted by Gasteiger charge is 2.56. The van der Waals surface area contributed by atoms with Gasteiger partial charge in [-0.3, -0.25) is 4.79 Å². The molecule has 1 amide bonds. The van der Waals surface area contributed by atoms with Crippen molar-refractivity contribution in [2.24, 2.45) is 17.8 Å². The SMILES string of the molecule is CC1CC2CC(C1)C(NC(=O)c1cnc(-c3cn(C4CCC(F)(F)CC4)c4cc(OC5CCN(c6ncccc6F)CC5)ccc34)nc1C(F)(F)F)(C(=O)O)C2. The number of halogens is 6. The zero-order valence-corrected chi connectivity index (χ0v) is 30.7. The van der Waals surface area contributed by atoms with E-state index in [2.05, 4.69) is 20.3 Å². The molecule has 4 aromatic rings. The minimum Gasteiger partial charge on any atom is -0.490 e. The molecular weight excluding hydrogens is 742 g/mol. The van der Waals surface area contributed by atoms with Crippen LogP contribution in [-0.4, -0.2) is 67.2 Å². The van der Waals surface area contributed by atoms with Crippen molar-refractivity contribution in [3.63, 3.8) is 0 Å². The summed E-state index contributed by atoms with van der Waals surface area (Å²) < 4.78 is 95.2. The van der Waals surface area contributed by atoms with Crippen molar-refractivity contribution in [1.29, 1.82) is 0 Å². The Labute approximate surface area is 318 Å². The molecule has 10 nitrogen and oxygen atoms in total. The first-order valence-electron chi connectivity index (χ1n) is 19.2. The zero-order chi connectivity index (χ0) is 39.6. The normalized spacial score (nSPS) is 25.7. The van der Waals surface area contributed by atoms with Crippen molar-refractivity contribution in [3.8, 4) is 17.1 Å². The molecule has 56 heavy (non-hydrogen) atoms. The fourth-order valence-electron chi connectivity index (χ4n) is 9.64. The summed E-state index contributed by atoms with van der Waals surface area (Å²) >= 11 is 0. The summed E-state index contributed by atoms with van der Waals surface area (Å²) in [6.07, 6.45) is 1.26. The van der Waals surface area contributed by atoms with Gasteiger partial charge < -0.3 is 24.6 Å². The Hall–Kier alpha value is -4.89. The maximum Gasteiger partial charge on any atom is 0.434 e. The lowest BCUT2D eigenvalue weighted by molar-refractivity contribution is -0.146. The molecule has 4 atom stereocenters. The van der Waals surface area contributed by atoms with Gasteiger partial charge in [0.2, 0.25) is 5.92 Å². The number of aliphatic carboxylic acids is 1. The molecule has 4 fully saturated rings. The monoisotopic (exact) mass is 784 g/mol. The number of aromatic nitrogens is 4. The second-order valence-electron chi connectivity index (χ2n) is 16.1. The highest BCUT2D eigenvalue weighted by molar-refractivity contribution is 6.00. The van der Waals surface area contributed by atoms with Crippen LogP contribution in [0.2, 0.25) is 0 Å². The molecule has 298 valence electrons. The lowest BCUT2D eigenvalue weighted by Gasteiger charge is -2.33. The molecular formula is C40H42F6N6O4. The van der Waals surface area contributed by atoms with Gasteiger partial charge in [0.25, 0.3) is 5.91 Å². The summed E-state index contributed by atoms with van der Waals surface area (Å²) in [5, 5.41) is 13.2. The standard InChI is InChI=1S/C40H42F6N6O4/c1-22-15-23-17-24(16-22)39(19-23,37(54)55)50-36(53)29-20-48-34(49-33(29)40(44,45)46)30-21-52(25-6-10-38(42,43)11-7-25)32-18-27(4-5-28(30)32)56-26-8-13-51(14-9-26)35-31(41)3-2-12-47-35/h2-5,12,18,20-26H,6-11,13-17,19H2,1H3,(H,50,53)(H,54,55). The number of benzene rings is 1. The van der Waals surface area contributed by atoms with Crippen molar-refractivity contribution in [3.05, 3.63) is 66.0 Å². The van der Waals surface area contributed by atoms with E-state index in [1.807, 2.05) is 11.8 Å². The van der Waals surface area contributed by atoms with Crippen molar-refractivity contribution in [2.75, 3.05) is 18.0 Å². The van der Waals surface area contributed by atoms with E-state index in [9.17, 15) is 41.0 Å². The fraction of sp³-hybridized carbons (Fsp3) is 0.525. The summed E-state index contributed by atoms with van der Waals surface area (Å²) in [6, 6.07) is 7.55. The number of ether oxygens (including phenoxy) is 1. The van der Waals surface area contributed by atoms with Crippen LogP contribution >= 0.6 is 0 Å². The Balaban J connectivity index is 1.10. The van der Waals surface area contributed by atoms with E-state index >= 15 is 0 Å². The zero-order valence-electron chi connectivity index (χ0n) is 30.7. The van der Waals surface area contributed by atoms with Gasteiger partial charge in [0, 0.05) is 80.4 Å². The van der Waals surface area contributed by atoms with E-state index in [4.69, 9.17) is 4.74 Å².